The van der Waals surface area contributed by atoms with Crippen molar-refractivity contribution in [3.8, 4) is 0 Å². The van der Waals surface area contributed by atoms with Gasteiger partial charge in [-0.05, 0) is 12.0 Å². The first-order valence-corrected chi connectivity index (χ1v) is 5.54. The van der Waals surface area contributed by atoms with E-state index < -0.39 is 0 Å². The maximum Gasteiger partial charge on any atom is 0.222 e. The largest absolute Gasteiger partial charge is 0.353 e. The summed E-state index contributed by atoms with van der Waals surface area (Å²) in [7, 11) is 0. The standard InChI is InChI=1S/C13H17NO/c1-9(2)13(15)14-12-8-11(12)10-6-4-3-5-7-10/h3-7,9,11-12H,8H2,1-2H3,(H,14,15)/t11-,12+/m0/s1. The Morgan fingerprint density at radius 1 is 1.33 bits per heavy atom. The maximum absolute atomic E-state index is 11.5. The molecule has 2 rings (SSSR count). The molecule has 1 aliphatic rings. The summed E-state index contributed by atoms with van der Waals surface area (Å²) in [6.45, 7) is 3.85. The topological polar surface area (TPSA) is 29.1 Å². The van der Waals surface area contributed by atoms with Crippen LogP contribution in [0.15, 0.2) is 30.3 Å². The van der Waals surface area contributed by atoms with Crippen LogP contribution < -0.4 is 5.32 Å². The fourth-order valence-corrected chi connectivity index (χ4v) is 1.77. The van der Waals surface area contributed by atoms with Crippen molar-refractivity contribution in [3.63, 3.8) is 0 Å². The van der Waals surface area contributed by atoms with Crippen molar-refractivity contribution in [3.05, 3.63) is 35.9 Å². The molecule has 2 heteroatoms. The number of hydrogen-bond acceptors (Lipinski definition) is 1. The van der Waals surface area contributed by atoms with E-state index in [0.29, 0.717) is 12.0 Å². The van der Waals surface area contributed by atoms with Crippen LogP contribution in [0.3, 0.4) is 0 Å². The summed E-state index contributed by atoms with van der Waals surface area (Å²) >= 11 is 0. The predicted octanol–water partition coefficient (Wildman–Crippen LogP) is 2.31. The van der Waals surface area contributed by atoms with Crippen LogP contribution in [-0.4, -0.2) is 11.9 Å². The average molecular weight is 203 g/mol. The first-order valence-electron chi connectivity index (χ1n) is 5.54. The second-order valence-corrected chi connectivity index (χ2v) is 4.52. The van der Waals surface area contributed by atoms with E-state index in [-0.39, 0.29) is 11.8 Å². The summed E-state index contributed by atoms with van der Waals surface area (Å²) in [5.74, 6) is 0.786. The number of amides is 1. The maximum atomic E-state index is 11.5. The first-order chi connectivity index (χ1) is 7.18. The van der Waals surface area contributed by atoms with E-state index in [1.54, 1.807) is 0 Å². The number of carbonyl (C=O) groups excluding carboxylic acids is 1. The zero-order valence-electron chi connectivity index (χ0n) is 9.23. The van der Waals surface area contributed by atoms with E-state index >= 15 is 0 Å². The molecule has 2 atom stereocenters. The molecule has 80 valence electrons. The molecule has 15 heavy (non-hydrogen) atoms. The van der Waals surface area contributed by atoms with Gasteiger partial charge in [0.1, 0.15) is 0 Å². The summed E-state index contributed by atoms with van der Waals surface area (Å²) in [5.41, 5.74) is 1.34. The molecule has 1 aromatic rings. The van der Waals surface area contributed by atoms with Gasteiger partial charge in [0.05, 0.1) is 0 Å². The molecule has 1 saturated carbocycles. The highest BCUT2D eigenvalue weighted by Crippen LogP contribution is 2.40. The first kappa shape index (κ1) is 10.2. The molecule has 1 amide bonds. The van der Waals surface area contributed by atoms with Crippen molar-refractivity contribution in [1.82, 2.24) is 5.32 Å². The highest BCUT2D eigenvalue weighted by molar-refractivity contribution is 5.78. The molecule has 0 aliphatic heterocycles. The van der Waals surface area contributed by atoms with Crippen molar-refractivity contribution in [1.29, 1.82) is 0 Å². The van der Waals surface area contributed by atoms with Gasteiger partial charge in [0.2, 0.25) is 5.91 Å². The van der Waals surface area contributed by atoms with Gasteiger partial charge >= 0.3 is 0 Å². The second-order valence-electron chi connectivity index (χ2n) is 4.52. The van der Waals surface area contributed by atoms with Gasteiger partial charge in [0.25, 0.3) is 0 Å². The molecule has 0 heterocycles. The lowest BCUT2D eigenvalue weighted by Gasteiger charge is -2.06. The van der Waals surface area contributed by atoms with Gasteiger partial charge in [0.15, 0.2) is 0 Å². The summed E-state index contributed by atoms with van der Waals surface area (Å²) in [6.07, 6.45) is 1.09. The lowest BCUT2D eigenvalue weighted by atomic mass is 10.1. The summed E-state index contributed by atoms with van der Waals surface area (Å²) in [6, 6.07) is 10.7. The zero-order valence-corrected chi connectivity index (χ0v) is 9.23. The fourth-order valence-electron chi connectivity index (χ4n) is 1.77. The van der Waals surface area contributed by atoms with E-state index in [9.17, 15) is 4.79 Å². The molecule has 2 nitrogen and oxygen atoms in total. The van der Waals surface area contributed by atoms with Crippen LogP contribution in [0.25, 0.3) is 0 Å². The Morgan fingerprint density at radius 2 is 2.00 bits per heavy atom. The average Bonchev–Trinajstić information content (AvgIpc) is 2.98. The van der Waals surface area contributed by atoms with Crippen molar-refractivity contribution < 1.29 is 4.79 Å². The van der Waals surface area contributed by atoms with Crippen molar-refractivity contribution in [2.45, 2.75) is 32.2 Å². The Labute approximate surface area is 90.7 Å². The second kappa shape index (κ2) is 4.05. The molecule has 1 fully saturated rings. The summed E-state index contributed by atoms with van der Waals surface area (Å²) in [4.78, 5) is 11.5. The van der Waals surface area contributed by atoms with E-state index in [1.807, 2.05) is 19.9 Å². The molecule has 0 saturated heterocycles. The van der Waals surface area contributed by atoms with Gasteiger partial charge in [-0.25, -0.2) is 0 Å². The predicted molar refractivity (Wildman–Crippen MR) is 60.6 cm³/mol. The third-order valence-electron chi connectivity index (χ3n) is 2.87. The van der Waals surface area contributed by atoms with Gasteiger partial charge in [-0.1, -0.05) is 44.2 Å². The van der Waals surface area contributed by atoms with Crippen LogP contribution >= 0.6 is 0 Å². The fraction of sp³-hybridized carbons (Fsp3) is 0.462. The number of hydrogen-bond donors (Lipinski definition) is 1. The quantitative estimate of drug-likeness (QED) is 0.802. The minimum Gasteiger partial charge on any atom is -0.353 e. The highest BCUT2D eigenvalue weighted by atomic mass is 16.1. The molecule has 0 bridgehead atoms. The van der Waals surface area contributed by atoms with Crippen molar-refractivity contribution in [2.75, 3.05) is 0 Å². The minimum absolute atomic E-state index is 0.0852. The lowest BCUT2D eigenvalue weighted by molar-refractivity contribution is -0.124. The van der Waals surface area contributed by atoms with Crippen LogP contribution in [0.4, 0.5) is 0 Å². The molecular weight excluding hydrogens is 186 g/mol. The molecule has 1 aromatic carbocycles. The number of nitrogens with one attached hydrogen (secondary N) is 1. The molecular formula is C13H17NO. The van der Waals surface area contributed by atoms with E-state index in [4.69, 9.17) is 0 Å². The SMILES string of the molecule is CC(C)C(=O)N[C@@H]1C[C@H]1c1ccccc1. The molecule has 0 aromatic heterocycles. The van der Waals surface area contributed by atoms with Gasteiger partial charge in [-0.15, -0.1) is 0 Å². The van der Waals surface area contributed by atoms with Crippen molar-refractivity contribution >= 4 is 5.91 Å². The Morgan fingerprint density at radius 3 is 2.60 bits per heavy atom. The van der Waals surface area contributed by atoms with Crippen LogP contribution in [0, 0.1) is 5.92 Å². The van der Waals surface area contributed by atoms with Gasteiger partial charge in [-0.3, -0.25) is 4.79 Å². The third-order valence-corrected chi connectivity index (χ3v) is 2.87. The van der Waals surface area contributed by atoms with Gasteiger partial charge < -0.3 is 5.32 Å². The zero-order chi connectivity index (χ0) is 10.8. The van der Waals surface area contributed by atoms with Crippen LogP contribution in [0.5, 0.6) is 0 Å². The Bertz CT molecular complexity index is 345. The molecule has 0 radical (unpaired) electrons. The number of carbonyl (C=O) groups is 1. The highest BCUT2D eigenvalue weighted by Gasteiger charge is 2.39. The number of rotatable bonds is 3. The minimum atomic E-state index is 0.0852. The van der Waals surface area contributed by atoms with E-state index in [1.165, 1.54) is 5.56 Å². The smallest absolute Gasteiger partial charge is 0.222 e. The summed E-state index contributed by atoms with van der Waals surface area (Å²) < 4.78 is 0. The van der Waals surface area contributed by atoms with Crippen LogP contribution in [-0.2, 0) is 4.79 Å². The molecule has 0 spiro atoms. The third kappa shape index (κ3) is 2.38. The van der Waals surface area contributed by atoms with Crippen LogP contribution in [0.2, 0.25) is 0 Å². The van der Waals surface area contributed by atoms with Gasteiger partial charge in [0, 0.05) is 17.9 Å². The Kier molecular flexibility index (Phi) is 2.76. The van der Waals surface area contributed by atoms with Crippen LogP contribution in [0.1, 0.15) is 31.7 Å². The molecule has 0 unspecified atom stereocenters. The lowest BCUT2D eigenvalue weighted by Crippen LogP contribution is -2.30. The van der Waals surface area contributed by atoms with E-state index in [2.05, 4.69) is 29.6 Å². The van der Waals surface area contributed by atoms with Gasteiger partial charge in [-0.2, -0.15) is 0 Å². The summed E-state index contributed by atoms with van der Waals surface area (Å²) in [5, 5.41) is 3.06. The number of benzene rings is 1. The Hall–Kier alpha value is -1.31. The monoisotopic (exact) mass is 203 g/mol. The molecule has 1 N–H and O–H groups in total. The Balaban J connectivity index is 1.89. The van der Waals surface area contributed by atoms with Crippen molar-refractivity contribution in [2.24, 2.45) is 5.92 Å². The molecule has 1 aliphatic carbocycles. The van der Waals surface area contributed by atoms with E-state index in [0.717, 1.165) is 6.42 Å². The normalized spacial score (nSPS) is 23.9.